The molecule has 0 aromatic heterocycles. The number of hydrogen-bond acceptors (Lipinski definition) is 1. The Balaban J connectivity index is 1.33. The molecule has 0 saturated carbocycles. The maximum absolute atomic E-state index is 2.53. The standard InChI is InChI=1S/C41H35N/c1-26-22-38-39(32-19-13-12-18-30(26)32)34-25-36-33(24-37(34)41(38,4)5)31-21-20-29(23-35(31)40(36,2)3)42(27-14-8-6-9-15-27)28-16-10-7-11-17-28/h6-25H,1-5H3. The van der Waals surface area contributed by atoms with E-state index in [1.165, 1.54) is 66.5 Å². The van der Waals surface area contributed by atoms with E-state index in [1.807, 2.05) is 0 Å². The quantitative estimate of drug-likeness (QED) is 0.215. The van der Waals surface area contributed by atoms with Crippen LogP contribution in [0.5, 0.6) is 0 Å². The lowest BCUT2D eigenvalue weighted by atomic mass is 9.79. The molecule has 0 aliphatic heterocycles. The highest BCUT2D eigenvalue weighted by atomic mass is 15.1. The van der Waals surface area contributed by atoms with E-state index in [-0.39, 0.29) is 10.8 Å². The van der Waals surface area contributed by atoms with Crippen LogP contribution < -0.4 is 4.90 Å². The molecular weight excluding hydrogens is 506 g/mol. The molecule has 1 heteroatoms. The lowest BCUT2D eigenvalue weighted by molar-refractivity contribution is 0.652. The van der Waals surface area contributed by atoms with Gasteiger partial charge >= 0.3 is 0 Å². The molecule has 0 amide bonds. The van der Waals surface area contributed by atoms with Crippen molar-refractivity contribution in [2.45, 2.75) is 45.4 Å². The Labute approximate surface area is 249 Å². The Bertz CT molecular complexity index is 1990. The molecule has 0 fully saturated rings. The van der Waals surface area contributed by atoms with Gasteiger partial charge in [-0.2, -0.15) is 0 Å². The van der Waals surface area contributed by atoms with E-state index in [9.17, 15) is 0 Å². The molecule has 0 N–H and O–H groups in total. The van der Waals surface area contributed by atoms with Gasteiger partial charge in [-0.25, -0.2) is 0 Å². The topological polar surface area (TPSA) is 3.24 Å². The number of hydrogen-bond donors (Lipinski definition) is 0. The van der Waals surface area contributed by atoms with Gasteiger partial charge in [0.1, 0.15) is 0 Å². The Morgan fingerprint density at radius 2 is 0.952 bits per heavy atom. The summed E-state index contributed by atoms with van der Waals surface area (Å²) in [5.74, 6) is 0. The Hall–Kier alpha value is -4.62. The number of para-hydroxylation sites is 2. The molecule has 0 heterocycles. The van der Waals surface area contributed by atoms with Gasteiger partial charge in [-0.15, -0.1) is 0 Å². The number of benzene rings is 6. The maximum Gasteiger partial charge on any atom is 0.0465 e. The molecule has 2 aliphatic rings. The average molecular weight is 542 g/mol. The SMILES string of the molecule is Cc1cc2c(c3ccccc13)-c1cc3c(cc1C2(C)C)-c1ccc(N(c2ccccc2)c2ccccc2)cc1C3(C)C. The van der Waals surface area contributed by atoms with Crippen molar-refractivity contribution in [3.8, 4) is 22.3 Å². The van der Waals surface area contributed by atoms with Crippen molar-refractivity contribution in [2.75, 3.05) is 4.90 Å². The predicted molar refractivity (Wildman–Crippen MR) is 178 cm³/mol. The van der Waals surface area contributed by atoms with Gasteiger partial charge in [0.15, 0.2) is 0 Å². The monoisotopic (exact) mass is 541 g/mol. The molecule has 6 aromatic carbocycles. The van der Waals surface area contributed by atoms with Crippen molar-refractivity contribution in [1.29, 1.82) is 0 Å². The van der Waals surface area contributed by atoms with Gasteiger partial charge < -0.3 is 4.90 Å². The molecule has 42 heavy (non-hydrogen) atoms. The minimum absolute atomic E-state index is 0.0568. The van der Waals surface area contributed by atoms with Gasteiger partial charge in [0.2, 0.25) is 0 Å². The third-order valence-electron chi connectivity index (χ3n) is 9.95. The highest BCUT2D eigenvalue weighted by molar-refractivity contribution is 6.05. The van der Waals surface area contributed by atoms with E-state index in [1.54, 1.807) is 0 Å². The summed E-state index contributed by atoms with van der Waals surface area (Å²) in [5, 5.41) is 2.73. The second-order valence-corrected chi connectivity index (χ2v) is 13.1. The summed E-state index contributed by atoms with van der Waals surface area (Å²) in [6.07, 6.45) is 0. The molecule has 8 rings (SSSR count). The van der Waals surface area contributed by atoms with Crippen LogP contribution in [0.1, 0.15) is 55.5 Å². The van der Waals surface area contributed by atoms with Crippen molar-refractivity contribution in [2.24, 2.45) is 0 Å². The number of anilines is 3. The van der Waals surface area contributed by atoms with E-state index in [4.69, 9.17) is 0 Å². The molecule has 0 spiro atoms. The van der Waals surface area contributed by atoms with Gasteiger partial charge in [0.25, 0.3) is 0 Å². The van der Waals surface area contributed by atoms with Crippen LogP contribution in [0.3, 0.4) is 0 Å². The van der Waals surface area contributed by atoms with Gasteiger partial charge in [-0.3, -0.25) is 0 Å². The molecule has 0 radical (unpaired) electrons. The lowest BCUT2D eigenvalue weighted by Crippen LogP contribution is -2.17. The third kappa shape index (κ3) is 3.37. The largest absolute Gasteiger partial charge is 0.310 e. The summed E-state index contributed by atoms with van der Waals surface area (Å²) in [5.41, 5.74) is 16.0. The minimum Gasteiger partial charge on any atom is -0.310 e. The fraction of sp³-hybridized carbons (Fsp3) is 0.171. The van der Waals surface area contributed by atoms with E-state index in [2.05, 4.69) is 161 Å². The number of rotatable bonds is 3. The van der Waals surface area contributed by atoms with Crippen LogP contribution >= 0.6 is 0 Å². The first-order valence-electron chi connectivity index (χ1n) is 15.0. The summed E-state index contributed by atoms with van der Waals surface area (Å²) in [6, 6.07) is 44.9. The molecule has 6 aromatic rings. The zero-order chi connectivity index (χ0) is 28.8. The molecule has 0 atom stereocenters. The van der Waals surface area contributed by atoms with Gasteiger partial charge in [0, 0.05) is 27.9 Å². The number of nitrogens with zero attached hydrogens (tertiary/aromatic N) is 1. The second kappa shape index (κ2) is 8.69. The van der Waals surface area contributed by atoms with Crippen LogP contribution in [-0.2, 0) is 10.8 Å². The lowest BCUT2D eigenvalue weighted by Gasteiger charge is -2.28. The fourth-order valence-electron chi connectivity index (χ4n) is 7.72. The zero-order valence-corrected chi connectivity index (χ0v) is 25.0. The van der Waals surface area contributed by atoms with Crippen molar-refractivity contribution < 1.29 is 0 Å². The van der Waals surface area contributed by atoms with Gasteiger partial charge in [-0.1, -0.05) is 100 Å². The zero-order valence-electron chi connectivity index (χ0n) is 25.0. The van der Waals surface area contributed by atoms with Crippen molar-refractivity contribution in [1.82, 2.24) is 0 Å². The summed E-state index contributed by atoms with van der Waals surface area (Å²) >= 11 is 0. The molecule has 204 valence electrons. The van der Waals surface area contributed by atoms with Crippen LogP contribution in [0.15, 0.2) is 121 Å². The molecule has 2 aliphatic carbocycles. The first kappa shape index (κ1) is 25.1. The Morgan fingerprint density at radius 1 is 0.429 bits per heavy atom. The predicted octanol–water partition coefficient (Wildman–Crippen LogP) is 11.2. The van der Waals surface area contributed by atoms with E-state index in [0.29, 0.717) is 0 Å². The summed E-state index contributed by atoms with van der Waals surface area (Å²) in [7, 11) is 0. The molecular formula is C41H35N. The van der Waals surface area contributed by atoms with Crippen LogP contribution in [0.25, 0.3) is 33.0 Å². The average Bonchev–Trinajstić information content (AvgIpc) is 3.36. The van der Waals surface area contributed by atoms with E-state index >= 15 is 0 Å². The Morgan fingerprint density at radius 3 is 1.62 bits per heavy atom. The maximum atomic E-state index is 2.53. The summed E-state index contributed by atoms with van der Waals surface area (Å²) in [4.78, 5) is 2.37. The van der Waals surface area contributed by atoms with Crippen molar-refractivity contribution >= 4 is 27.8 Å². The first-order valence-corrected chi connectivity index (χ1v) is 15.0. The van der Waals surface area contributed by atoms with Crippen molar-refractivity contribution in [3.05, 3.63) is 149 Å². The molecule has 0 saturated heterocycles. The number of fused-ring (bicyclic) bond motifs is 8. The summed E-state index contributed by atoms with van der Waals surface area (Å²) < 4.78 is 0. The Kier molecular flexibility index (Phi) is 5.20. The first-order chi connectivity index (χ1) is 20.3. The van der Waals surface area contributed by atoms with Crippen LogP contribution in [0, 0.1) is 6.92 Å². The minimum atomic E-state index is -0.123. The molecule has 0 unspecified atom stereocenters. The highest BCUT2D eigenvalue weighted by Crippen LogP contribution is 2.58. The summed E-state index contributed by atoms with van der Waals surface area (Å²) in [6.45, 7) is 11.9. The van der Waals surface area contributed by atoms with Crippen LogP contribution in [0.4, 0.5) is 17.1 Å². The smallest absolute Gasteiger partial charge is 0.0465 e. The fourth-order valence-corrected chi connectivity index (χ4v) is 7.72. The van der Waals surface area contributed by atoms with E-state index in [0.717, 1.165) is 11.4 Å². The third-order valence-corrected chi connectivity index (χ3v) is 9.95. The van der Waals surface area contributed by atoms with Crippen LogP contribution in [0.2, 0.25) is 0 Å². The van der Waals surface area contributed by atoms with Gasteiger partial charge in [0.05, 0.1) is 0 Å². The molecule has 0 bridgehead atoms. The second-order valence-electron chi connectivity index (χ2n) is 13.1. The van der Waals surface area contributed by atoms with Crippen LogP contribution in [-0.4, -0.2) is 0 Å². The molecule has 1 nitrogen and oxygen atoms in total. The normalized spacial score (nSPS) is 15.2. The van der Waals surface area contributed by atoms with Gasteiger partial charge in [-0.05, 0) is 116 Å². The van der Waals surface area contributed by atoms with Crippen molar-refractivity contribution in [3.63, 3.8) is 0 Å². The number of aryl methyl sites for hydroxylation is 1. The highest BCUT2D eigenvalue weighted by Gasteiger charge is 2.42. The van der Waals surface area contributed by atoms with E-state index < -0.39 is 0 Å².